The number of nitrogens with one attached hydrogen (secondary N) is 3. The van der Waals surface area contributed by atoms with Crippen molar-refractivity contribution < 1.29 is 29.4 Å². The van der Waals surface area contributed by atoms with Crippen LogP contribution >= 0.6 is 0 Å². The number of rotatable bonds is 17. The highest BCUT2D eigenvalue weighted by atomic mass is 16.4. The molecule has 1 aromatic rings. The molecule has 0 aliphatic rings. The van der Waals surface area contributed by atoms with Crippen molar-refractivity contribution in [1.82, 2.24) is 16.0 Å². The number of amides is 3. The van der Waals surface area contributed by atoms with Crippen LogP contribution < -0.4 is 27.4 Å². The van der Waals surface area contributed by atoms with Gasteiger partial charge in [-0.2, -0.15) is 0 Å². The van der Waals surface area contributed by atoms with E-state index < -0.39 is 47.9 Å². The van der Waals surface area contributed by atoms with Crippen LogP contribution in [0.1, 0.15) is 65.4 Å². The number of benzene rings is 1. The van der Waals surface area contributed by atoms with Gasteiger partial charge in [-0.1, -0.05) is 52.7 Å². The monoisotopic (exact) mass is 535 g/mol. The molecule has 0 bridgehead atoms. The third-order valence-corrected chi connectivity index (χ3v) is 6.92. The summed E-state index contributed by atoms with van der Waals surface area (Å²) in [7, 11) is 0. The van der Waals surface area contributed by atoms with Crippen molar-refractivity contribution in [3.8, 4) is 5.75 Å². The number of aliphatic carboxylic acids is 1. The van der Waals surface area contributed by atoms with Crippen LogP contribution in [0, 0.1) is 11.8 Å². The van der Waals surface area contributed by atoms with Gasteiger partial charge in [0.1, 0.15) is 23.9 Å². The van der Waals surface area contributed by atoms with Crippen LogP contribution in [0.5, 0.6) is 5.75 Å². The van der Waals surface area contributed by atoms with Gasteiger partial charge >= 0.3 is 5.97 Å². The SMILES string of the molecule is CCC(C)C(N)C(=O)NC(CCCCN)C(=O)NC(C(=O)NC(Cc1ccc(O)cc1)C(=O)O)C(C)CC. The Hall–Kier alpha value is -3.18. The van der Waals surface area contributed by atoms with E-state index in [9.17, 15) is 29.4 Å². The minimum absolute atomic E-state index is 0.00615. The highest BCUT2D eigenvalue weighted by Crippen LogP contribution is 2.14. The number of carboxylic acids is 1. The molecule has 9 N–H and O–H groups in total. The van der Waals surface area contributed by atoms with Gasteiger partial charge in [-0.15, -0.1) is 0 Å². The summed E-state index contributed by atoms with van der Waals surface area (Å²) in [5.41, 5.74) is 12.3. The maximum absolute atomic E-state index is 13.3. The van der Waals surface area contributed by atoms with E-state index in [1.54, 1.807) is 19.1 Å². The van der Waals surface area contributed by atoms with Crippen LogP contribution in [0.25, 0.3) is 0 Å². The van der Waals surface area contributed by atoms with E-state index in [-0.39, 0.29) is 24.0 Å². The van der Waals surface area contributed by atoms with Crippen LogP contribution in [-0.2, 0) is 25.6 Å². The van der Waals surface area contributed by atoms with Gasteiger partial charge in [0.2, 0.25) is 17.7 Å². The number of nitrogens with two attached hydrogens (primary N) is 2. The fourth-order valence-corrected chi connectivity index (χ4v) is 3.83. The zero-order chi connectivity index (χ0) is 28.8. The maximum atomic E-state index is 13.3. The molecular weight excluding hydrogens is 490 g/mol. The molecule has 3 amide bonds. The Kier molecular flexibility index (Phi) is 14.4. The van der Waals surface area contributed by atoms with Crippen molar-refractivity contribution in [3.63, 3.8) is 0 Å². The average molecular weight is 536 g/mol. The van der Waals surface area contributed by atoms with E-state index in [1.807, 2.05) is 20.8 Å². The number of carbonyl (C=O) groups is 4. The summed E-state index contributed by atoms with van der Waals surface area (Å²) in [5, 5.41) is 27.2. The minimum Gasteiger partial charge on any atom is -0.508 e. The first-order chi connectivity index (χ1) is 17.9. The molecule has 0 spiro atoms. The topological polar surface area (TPSA) is 197 Å². The van der Waals surface area contributed by atoms with E-state index in [0.717, 1.165) is 0 Å². The lowest BCUT2D eigenvalue weighted by Crippen LogP contribution is -2.59. The van der Waals surface area contributed by atoms with Crippen LogP contribution in [0.2, 0.25) is 0 Å². The first-order valence-corrected chi connectivity index (χ1v) is 13.3. The Morgan fingerprint density at radius 3 is 1.95 bits per heavy atom. The molecule has 0 aliphatic carbocycles. The second kappa shape index (κ2) is 16.6. The van der Waals surface area contributed by atoms with Crippen LogP contribution in [0.15, 0.2) is 24.3 Å². The largest absolute Gasteiger partial charge is 0.508 e. The average Bonchev–Trinajstić information content (AvgIpc) is 2.90. The molecule has 214 valence electrons. The van der Waals surface area contributed by atoms with Crippen LogP contribution in [0.3, 0.4) is 0 Å². The summed E-state index contributed by atoms with van der Waals surface area (Å²) in [5.74, 6) is -3.21. The van der Waals surface area contributed by atoms with E-state index in [4.69, 9.17) is 11.5 Å². The minimum atomic E-state index is -1.25. The van der Waals surface area contributed by atoms with Crippen LogP contribution in [0.4, 0.5) is 0 Å². The molecule has 1 aromatic carbocycles. The van der Waals surface area contributed by atoms with Gasteiger partial charge in [0.15, 0.2) is 0 Å². The lowest BCUT2D eigenvalue weighted by Gasteiger charge is -2.28. The molecule has 11 nitrogen and oxygen atoms in total. The summed E-state index contributed by atoms with van der Waals surface area (Å²) in [6.45, 7) is 7.85. The Balaban J connectivity index is 3.05. The van der Waals surface area contributed by atoms with E-state index in [2.05, 4.69) is 16.0 Å². The second-order valence-corrected chi connectivity index (χ2v) is 9.90. The van der Waals surface area contributed by atoms with E-state index >= 15 is 0 Å². The number of aromatic hydroxyl groups is 1. The summed E-state index contributed by atoms with van der Waals surface area (Å²) < 4.78 is 0. The summed E-state index contributed by atoms with van der Waals surface area (Å²) in [4.78, 5) is 51.1. The first kappa shape index (κ1) is 32.8. The molecule has 38 heavy (non-hydrogen) atoms. The first-order valence-electron chi connectivity index (χ1n) is 13.3. The highest BCUT2D eigenvalue weighted by molar-refractivity contribution is 5.94. The third-order valence-electron chi connectivity index (χ3n) is 6.92. The number of phenols is 1. The number of carboxylic acid groups (broad SMARTS) is 1. The molecule has 1 rings (SSSR count). The van der Waals surface area contributed by atoms with E-state index in [0.29, 0.717) is 44.2 Å². The highest BCUT2D eigenvalue weighted by Gasteiger charge is 2.33. The molecule has 0 radical (unpaired) electrons. The zero-order valence-electron chi connectivity index (χ0n) is 22.9. The van der Waals surface area contributed by atoms with Gasteiger partial charge in [-0.25, -0.2) is 4.79 Å². The van der Waals surface area contributed by atoms with Gasteiger partial charge in [-0.3, -0.25) is 14.4 Å². The maximum Gasteiger partial charge on any atom is 0.326 e. The molecule has 11 heteroatoms. The van der Waals surface area contributed by atoms with Gasteiger partial charge < -0.3 is 37.6 Å². The van der Waals surface area contributed by atoms with Crippen molar-refractivity contribution in [2.75, 3.05) is 6.54 Å². The van der Waals surface area contributed by atoms with Crippen molar-refractivity contribution in [3.05, 3.63) is 29.8 Å². The molecule has 6 unspecified atom stereocenters. The fraction of sp³-hybridized carbons (Fsp3) is 0.630. The van der Waals surface area contributed by atoms with E-state index in [1.165, 1.54) is 12.1 Å². The fourth-order valence-electron chi connectivity index (χ4n) is 3.83. The van der Waals surface area contributed by atoms with Gasteiger partial charge in [0.05, 0.1) is 6.04 Å². The van der Waals surface area contributed by atoms with Crippen LogP contribution in [-0.4, -0.2) is 64.6 Å². The number of carbonyl (C=O) groups excluding carboxylic acids is 3. The van der Waals surface area contributed by atoms with Crippen molar-refractivity contribution in [1.29, 1.82) is 0 Å². The van der Waals surface area contributed by atoms with Gasteiger partial charge in [0.25, 0.3) is 0 Å². The second-order valence-electron chi connectivity index (χ2n) is 9.90. The van der Waals surface area contributed by atoms with Crippen molar-refractivity contribution in [2.45, 2.75) is 90.4 Å². The summed E-state index contributed by atoms with van der Waals surface area (Å²) in [6.07, 6.45) is 2.79. The molecule has 0 aliphatic heterocycles. The molecular formula is C27H45N5O6. The van der Waals surface area contributed by atoms with Gasteiger partial charge in [0, 0.05) is 6.42 Å². The molecule has 0 saturated carbocycles. The summed E-state index contributed by atoms with van der Waals surface area (Å²) >= 11 is 0. The molecule has 0 saturated heterocycles. The zero-order valence-corrected chi connectivity index (χ0v) is 22.9. The lowest BCUT2D eigenvalue weighted by atomic mass is 9.96. The van der Waals surface area contributed by atoms with Crippen molar-refractivity contribution >= 4 is 23.7 Å². The Morgan fingerprint density at radius 1 is 0.842 bits per heavy atom. The van der Waals surface area contributed by atoms with Crippen molar-refractivity contribution in [2.24, 2.45) is 23.3 Å². The Bertz CT molecular complexity index is 910. The predicted molar refractivity (Wildman–Crippen MR) is 145 cm³/mol. The third kappa shape index (κ3) is 10.7. The quantitative estimate of drug-likeness (QED) is 0.143. The predicted octanol–water partition coefficient (Wildman–Crippen LogP) is 1.02. The standard InChI is InChI=1S/C27H45N5O6/c1-5-16(3)22(29)25(35)30-20(9-7-8-14-28)24(34)32-23(17(4)6-2)26(36)31-21(27(37)38)15-18-10-12-19(33)13-11-18/h10-13,16-17,20-23,33H,5-9,14-15,28-29H2,1-4H3,(H,30,35)(H,31,36)(H,32,34)(H,37,38). The lowest BCUT2D eigenvalue weighted by molar-refractivity contribution is -0.142. The number of hydrogen-bond donors (Lipinski definition) is 7. The summed E-state index contributed by atoms with van der Waals surface area (Å²) in [6, 6.07) is 2.05. The smallest absolute Gasteiger partial charge is 0.326 e. The molecule has 6 atom stereocenters. The number of unbranched alkanes of at least 4 members (excludes halogenated alkanes) is 1. The Morgan fingerprint density at radius 2 is 1.42 bits per heavy atom. The molecule has 0 fully saturated rings. The molecule has 0 heterocycles. The number of phenolic OH excluding ortho intramolecular Hbond substituents is 1. The van der Waals surface area contributed by atoms with Gasteiger partial charge in [-0.05, 0) is 55.3 Å². The Labute approximate surface area is 225 Å². The normalized spacial score (nSPS) is 15.8. The molecule has 0 aromatic heterocycles. The number of hydrogen-bond acceptors (Lipinski definition) is 7.